The highest BCUT2D eigenvalue weighted by molar-refractivity contribution is 6.30. The molecule has 1 N–H and O–H groups in total. The van der Waals surface area contributed by atoms with Gasteiger partial charge in [0.05, 0.1) is 0 Å². The molecule has 1 aliphatic rings. The smallest absolute Gasteiger partial charge is 0.262 e. The summed E-state index contributed by atoms with van der Waals surface area (Å²) < 4.78 is 0. The van der Waals surface area contributed by atoms with E-state index in [9.17, 15) is 4.79 Å². The van der Waals surface area contributed by atoms with Crippen molar-refractivity contribution in [3.05, 3.63) is 40.4 Å². The summed E-state index contributed by atoms with van der Waals surface area (Å²) in [5.74, 6) is -0.292. The number of hydrogen-bond donors (Lipinski definition) is 1. The third-order valence-electron chi connectivity index (χ3n) is 3.47. The Kier molecular flexibility index (Phi) is 5.20. The van der Waals surface area contributed by atoms with Crippen LogP contribution >= 0.6 is 11.6 Å². The summed E-state index contributed by atoms with van der Waals surface area (Å²) in [6.45, 7) is 0. The lowest BCUT2D eigenvalue weighted by molar-refractivity contribution is -0.117. The Morgan fingerprint density at radius 2 is 2.10 bits per heavy atom. The van der Waals surface area contributed by atoms with E-state index >= 15 is 0 Å². The summed E-state index contributed by atoms with van der Waals surface area (Å²) >= 11 is 5.89. The molecule has 1 saturated carbocycles. The molecule has 104 valence electrons. The van der Waals surface area contributed by atoms with E-state index in [-0.39, 0.29) is 17.5 Å². The van der Waals surface area contributed by atoms with Crippen LogP contribution in [-0.2, 0) is 4.79 Å². The Hall–Kier alpha value is -1.79. The van der Waals surface area contributed by atoms with Gasteiger partial charge in [0.15, 0.2) is 0 Å². The highest BCUT2D eigenvalue weighted by atomic mass is 35.5. The van der Waals surface area contributed by atoms with Crippen LogP contribution in [0.4, 0.5) is 0 Å². The van der Waals surface area contributed by atoms with Crippen LogP contribution in [0, 0.1) is 11.3 Å². The topological polar surface area (TPSA) is 52.9 Å². The Morgan fingerprint density at radius 3 is 2.75 bits per heavy atom. The van der Waals surface area contributed by atoms with Crippen molar-refractivity contribution in [1.29, 1.82) is 5.26 Å². The number of nitriles is 1. The highest BCUT2D eigenvalue weighted by Crippen LogP contribution is 2.18. The van der Waals surface area contributed by atoms with Gasteiger partial charge in [-0.3, -0.25) is 4.79 Å². The van der Waals surface area contributed by atoms with E-state index in [2.05, 4.69) is 5.32 Å². The first kappa shape index (κ1) is 14.6. The van der Waals surface area contributed by atoms with Crippen molar-refractivity contribution in [2.24, 2.45) is 0 Å². The van der Waals surface area contributed by atoms with Crippen molar-refractivity contribution in [2.75, 3.05) is 0 Å². The molecule has 1 aromatic carbocycles. The van der Waals surface area contributed by atoms with Crippen LogP contribution in [-0.4, -0.2) is 11.9 Å². The quantitative estimate of drug-likeness (QED) is 0.681. The van der Waals surface area contributed by atoms with Gasteiger partial charge in [0.2, 0.25) is 0 Å². The molecule has 1 amide bonds. The average Bonchev–Trinajstić information content (AvgIpc) is 2.46. The Bertz CT molecular complexity index is 554. The van der Waals surface area contributed by atoms with Crippen LogP contribution in [0.15, 0.2) is 29.8 Å². The fourth-order valence-electron chi connectivity index (χ4n) is 2.42. The van der Waals surface area contributed by atoms with Gasteiger partial charge in [-0.25, -0.2) is 0 Å². The zero-order valence-corrected chi connectivity index (χ0v) is 12.0. The first-order valence-electron chi connectivity index (χ1n) is 6.87. The first-order valence-corrected chi connectivity index (χ1v) is 7.25. The van der Waals surface area contributed by atoms with Crippen LogP contribution in [0.5, 0.6) is 0 Å². The SMILES string of the molecule is N#C/C(=C\c1cccc(Cl)c1)C(=O)NC1CCCCC1. The normalized spacial score (nSPS) is 16.5. The van der Waals surface area contributed by atoms with Crippen LogP contribution < -0.4 is 5.32 Å². The van der Waals surface area contributed by atoms with E-state index < -0.39 is 0 Å². The zero-order chi connectivity index (χ0) is 14.4. The number of nitrogens with one attached hydrogen (secondary N) is 1. The van der Waals surface area contributed by atoms with E-state index in [0.717, 1.165) is 31.2 Å². The zero-order valence-electron chi connectivity index (χ0n) is 11.2. The van der Waals surface area contributed by atoms with E-state index in [0.29, 0.717) is 5.02 Å². The lowest BCUT2D eigenvalue weighted by Gasteiger charge is -2.22. The van der Waals surface area contributed by atoms with Crippen molar-refractivity contribution in [3.8, 4) is 6.07 Å². The van der Waals surface area contributed by atoms with E-state index in [4.69, 9.17) is 16.9 Å². The number of carbonyl (C=O) groups excluding carboxylic acids is 1. The predicted molar refractivity (Wildman–Crippen MR) is 80.1 cm³/mol. The molecule has 0 saturated heterocycles. The summed E-state index contributed by atoms with van der Waals surface area (Å²) in [5.41, 5.74) is 0.880. The molecule has 0 aromatic heterocycles. The molecule has 0 unspecified atom stereocenters. The molecule has 0 radical (unpaired) electrons. The molecule has 0 aliphatic heterocycles. The van der Waals surface area contributed by atoms with Crippen molar-refractivity contribution >= 4 is 23.6 Å². The van der Waals surface area contributed by atoms with Gasteiger partial charge in [0, 0.05) is 11.1 Å². The largest absolute Gasteiger partial charge is 0.349 e. The predicted octanol–water partition coefficient (Wildman–Crippen LogP) is 3.70. The number of nitrogens with zero attached hydrogens (tertiary/aromatic N) is 1. The molecular formula is C16H17ClN2O. The molecular weight excluding hydrogens is 272 g/mol. The van der Waals surface area contributed by atoms with E-state index in [1.807, 2.05) is 12.1 Å². The van der Waals surface area contributed by atoms with Gasteiger partial charge >= 0.3 is 0 Å². The van der Waals surface area contributed by atoms with Crippen molar-refractivity contribution in [2.45, 2.75) is 38.1 Å². The minimum Gasteiger partial charge on any atom is -0.349 e. The second kappa shape index (κ2) is 7.12. The van der Waals surface area contributed by atoms with Crippen LogP contribution in [0.2, 0.25) is 5.02 Å². The van der Waals surface area contributed by atoms with Crippen molar-refractivity contribution in [3.63, 3.8) is 0 Å². The fraction of sp³-hybridized carbons (Fsp3) is 0.375. The van der Waals surface area contributed by atoms with Gasteiger partial charge in [-0.05, 0) is 36.6 Å². The maximum Gasteiger partial charge on any atom is 0.262 e. The Morgan fingerprint density at radius 1 is 1.35 bits per heavy atom. The molecule has 20 heavy (non-hydrogen) atoms. The minimum atomic E-state index is -0.292. The lowest BCUT2D eigenvalue weighted by atomic mass is 9.95. The summed E-state index contributed by atoms with van der Waals surface area (Å²) in [5, 5.41) is 12.7. The molecule has 0 heterocycles. The summed E-state index contributed by atoms with van der Waals surface area (Å²) in [6.07, 6.45) is 7.10. The molecule has 1 aromatic rings. The standard InChI is InChI=1S/C16H17ClN2O/c17-14-6-4-5-12(10-14)9-13(11-18)16(20)19-15-7-2-1-3-8-15/h4-6,9-10,15H,1-3,7-8H2,(H,19,20)/b13-9+. The Labute approximate surface area is 124 Å². The summed E-state index contributed by atoms with van der Waals surface area (Å²) in [4.78, 5) is 12.1. The Balaban J connectivity index is 2.07. The maximum atomic E-state index is 12.1. The van der Waals surface area contributed by atoms with Gasteiger partial charge in [-0.1, -0.05) is 43.0 Å². The number of amides is 1. The first-order chi connectivity index (χ1) is 9.69. The number of benzene rings is 1. The van der Waals surface area contributed by atoms with Gasteiger partial charge in [0.25, 0.3) is 5.91 Å². The minimum absolute atomic E-state index is 0.123. The second-order valence-corrected chi connectivity index (χ2v) is 5.47. The summed E-state index contributed by atoms with van der Waals surface area (Å²) in [7, 11) is 0. The van der Waals surface area contributed by atoms with Crippen LogP contribution in [0.3, 0.4) is 0 Å². The highest BCUT2D eigenvalue weighted by Gasteiger charge is 2.17. The van der Waals surface area contributed by atoms with Crippen molar-refractivity contribution < 1.29 is 4.79 Å². The van der Waals surface area contributed by atoms with E-state index in [1.165, 1.54) is 6.42 Å². The van der Waals surface area contributed by atoms with E-state index in [1.54, 1.807) is 24.3 Å². The fourth-order valence-corrected chi connectivity index (χ4v) is 2.62. The average molecular weight is 289 g/mol. The third kappa shape index (κ3) is 4.11. The molecule has 1 fully saturated rings. The number of carbonyl (C=O) groups is 1. The molecule has 4 heteroatoms. The molecule has 1 aliphatic carbocycles. The van der Waals surface area contributed by atoms with Gasteiger partial charge in [-0.15, -0.1) is 0 Å². The molecule has 3 nitrogen and oxygen atoms in total. The lowest BCUT2D eigenvalue weighted by Crippen LogP contribution is -2.36. The molecule has 0 spiro atoms. The second-order valence-electron chi connectivity index (χ2n) is 5.03. The van der Waals surface area contributed by atoms with Gasteiger partial charge < -0.3 is 5.32 Å². The number of hydrogen-bond acceptors (Lipinski definition) is 2. The van der Waals surface area contributed by atoms with Crippen molar-refractivity contribution in [1.82, 2.24) is 5.32 Å². The molecule has 0 atom stereocenters. The van der Waals surface area contributed by atoms with Gasteiger partial charge in [-0.2, -0.15) is 5.26 Å². The monoisotopic (exact) mass is 288 g/mol. The molecule has 2 rings (SSSR count). The maximum absolute atomic E-state index is 12.1. The summed E-state index contributed by atoms with van der Waals surface area (Å²) in [6, 6.07) is 9.26. The van der Waals surface area contributed by atoms with Gasteiger partial charge in [0.1, 0.15) is 11.6 Å². The third-order valence-corrected chi connectivity index (χ3v) is 3.70. The van der Waals surface area contributed by atoms with Crippen LogP contribution in [0.25, 0.3) is 6.08 Å². The van der Waals surface area contributed by atoms with Crippen LogP contribution in [0.1, 0.15) is 37.7 Å². The number of rotatable bonds is 3. The number of halogens is 1. The molecule has 0 bridgehead atoms.